The van der Waals surface area contributed by atoms with Gasteiger partial charge in [0.05, 0.1) is 20.5 Å². The van der Waals surface area contributed by atoms with E-state index in [0.29, 0.717) is 15.8 Å². The fraction of sp³-hybridized carbons (Fsp3) is 0.100. The molecule has 0 aliphatic rings. The Balaban J connectivity index is 2.87. The number of thiophene rings is 1. The Morgan fingerprint density at radius 2 is 2.21 bits per heavy atom. The summed E-state index contributed by atoms with van der Waals surface area (Å²) in [5, 5.41) is 9.88. The lowest BCUT2D eigenvalue weighted by Gasteiger charge is -1.94. The predicted molar refractivity (Wildman–Crippen MR) is 61.1 cm³/mol. The molecule has 1 aromatic carbocycles. The van der Waals surface area contributed by atoms with Crippen LogP contribution >= 0.6 is 34.5 Å². The van der Waals surface area contributed by atoms with Crippen molar-refractivity contribution < 1.29 is 0 Å². The summed E-state index contributed by atoms with van der Waals surface area (Å²) in [5.74, 6) is 0.383. The van der Waals surface area contributed by atoms with Gasteiger partial charge in [0.25, 0.3) is 0 Å². The molecule has 1 nitrogen and oxygen atoms in total. The van der Waals surface area contributed by atoms with Gasteiger partial charge in [-0.3, -0.25) is 0 Å². The lowest BCUT2D eigenvalue weighted by Crippen LogP contribution is -1.76. The van der Waals surface area contributed by atoms with Crippen LogP contribution in [0.25, 0.3) is 10.1 Å². The van der Waals surface area contributed by atoms with E-state index >= 15 is 0 Å². The number of halogens is 2. The highest BCUT2D eigenvalue weighted by Gasteiger charge is 2.11. The Morgan fingerprint density at radius 3 is 2.86 bits per heavy atom. The maximum absolute atomic E-state index is 8.89. The third kappa shape index (κ3) is 1.38. The zero-order valence-corrected chi connectivity index (χ0v) is 9.38. The minimum absolute atomic E-state index is 0.383. The Morgan fingerprint density at radius 1 is 1.43 bits per heavy atom. The topological polar surface area (TPSA) is 23.8 Å². The molecule has 70 valence electrons. The highest BCUT2D eigenvalue weighted by atomic mass is 35.5. The van der Waals surface area contributed by atoms with Crippen LogP contribution in [0.1, 0.15) is 11.1 Å². The van der Waals surface area contributed by atoms with Crippen LogP contribution in [0.15, 0.2) is 18.2 Å². The molecule has 0 N–H and O–H groups in total. The summed E-state index contributed by atoms with van der Waals surface area (Å²) in [7, 11) is 0. The molecule has 0 fully saturated rings. The van der Waals surface area contributed by atoms with Crippen molar-refractivity contribution in [1.82, 2.24) is 0 Å². The van der Waals surface area contributed by atoms with Crippen LogP contribution in [0.2, 0.25) is 4.34 Å². The van der Waals surface area contributed by atoms with Gasteiger partial charge >= 0.3 is 0 Å². The van der Waals surface area contributed by atoms with Crippen molar-refractivity contribution in [2.24, 2.45) is 0 Å². The molecule has 0 spiro atoms. The molecule has 0 aliphatic heterocycles. The Kier molecular flexibility index (Phi) is 2.64. The molecule has 0 saturated carbocycles. The molecule has 0 radical (unpaired) electrons. The second kappa shape index (κ2) is 3.78. The van der Waals surface area contributed by atoms with E-state index in [1.807, 2.05) is 12.1 Å². The van der Waals surface area contributed by atoms with E-state index in [0.717, 1.165) is 15.6 Å². The average Bonchev–Trinajstić information content (AvgIpc) is 2.52. The Hall–Kier alpha value is -0.750. The number of hydrogen-bond donors (Lipinski definition) is 0. The maximum atomic E-state index is 8.89. The molecule has 2 aromatic rings. The molecule has 0 bridgehead atoms. The van der Waals surface area contributed by atoms with E-state index in [1.54, 1.807) is 6.07 Å². The van der Waals surface area contributed by atoms with Crippen molar-refractivity contribution in [3.63, 3.8) is 0 Å². The molecule has 0 unspecified atom stereocenters. The van der Waals surface area contributed by atoms with Crippen molar-refractivity contribution in [2.75, 3.05) is 0 Å². The van der Waals surface area contributed by atoms with Crippen molar-refractivity contribution in [2.45, 2.75) is 5.88 Å². The zero-order chi connectivity index (χ0) is 10.1. The van der Waals surface area contributed by atoms with Gasteiger partial charge in [-0.2, -0.15) is 5.26 Å². The third-order valence-electron chi connectivity index (χ3n) is 2.02. The number of alkyl halides is 1. The first kappa shape index (κ1) is 9.79. The molecule has 14 heavy (non-hydrogen) atoms. The molecule has 0 atom stereocenters. The highest BCUT2D eigenvalue weighted by Crippen LogP contribution is 2.37. The molecule has 1 aromatic heterocycles. The van der Waals surface area contributed by atoms with Crippen molar-refractivity contribution in [1.29, 1.82) is 5.26 Å². The normalized spacial score (nSPS) is 10.4. The van der Waals surface area contributed by atoms with Crippen LogP contribution in [0, 0.1) is 11.3 Å². The van der Waals surface area contributed by atoms with Gasteiger partial charge < -0.3 is 0 Å². The first-order valence-corrected chi connectivity index (χ1v) is 5.66. The fourth-order valence-electron chi connectivity index (χ4n) is 1.35. The minimum Gasteiger partial charge on any atom is -0.192 e. The van der Waals surface area contributed by atoms with E-state index in [9.17, 15) is 0 Å². The quantitative estimate of drug-likeness (QED) is 0.688. The lowest BCUT2D eigenvalue weighted by molar-refractivity contribution is 1.49. The van der Waals surface area contributed by atoms with Gasteiger partial charge in [0, 0.05) is 5.56 Å². The van der Waals surface area contributed by atoms with Crippen LogP contribution in [0.5, 0.6) is 0 Å². The first-order chi connectivity index (χ1) is 6.77. The van der Waals surface area contributed by atoms with Gasteiger partial charge in [-0.25, -0.2) is 0 Å². The summed E-state index contributed by atoms with van der Waals surface area (Å²) in [6.45, 7) is 0. The van der Waals surface area contributed by atoms with Crippen molar-refractivity contribution >= 4 is 44.6 Å². The van der Waals surface area contributed by atoms with E-state index in [2.05, 4.69) is 6.07 Å². The molecule has 0 amide bonds. The standard InChI is InChI=1S/C10H5Cl2NS/c11-4-8-7-3-1-2-6(5-13)9(7)14-10(8)12/h1-3H,4H2. The molecular weight excluding hydrogens is 237 g/mol. The van der Waals surface area contributed by atoms with Crippen LogP contribution < -0.4 is 0 Å². The second-order valence-electron chi connectivity index (χ2n) is 2.78. The summed E-state index contributed by atoms with van der Waals surface area (Å²) in [4.78, 5) is 0. The summed E-state index contributed by atoms with van der Waals surface area (Å²) in [5.41, 5.74) is 1.58. The van der Waals surface area contributed by atoms with Crippen LogP contribution in [-0.2, 0) is 5.88 Å². The number of hydrogen-bond acceptors (Lipinski definition) is 2. The number of nitriles is 1. The van der Waals surface area contributed by atoms with Gasteiger partial charge in [0.2, 0.25) is 0 Å². The smallest absolute Gasteiger partial charge is 0.101 e. The van der Waals surface area contributed by atoms with Crippen molar-refractivity contribution in [3.05, 3.63) is 33.7 Å². The minimum atomic E-state index is 0.383. The fourth-order valence-corrected chi connectivity index (χ4v) is 3.19. The summed E-state index contributed by atoms with van der Waals surface area (Å²) < 4.78 is 1.60. The highest BCUT2D eigenvalue weighted by molar-refractivity contribution is 7.23. The van der Waals surface area contributed by atoms with Crippen LogP contribution in [0.3, 0.4) is 0 Å². The molecule has 0 aliphatic carbocycles. The Bertz CT molecular complexity index is 525. The van der Waals surface area contributed by atoms with Crippen molar-refractivity contribution in [3.8, 4) is 6.07 Å². The van der Waals surface area contributed by atoms with E-state index in [-0.39, 0.29) is 0 Å². The third-order valence-corrected chi connectivity index (χ3v) is 3.82. The molecule has 1 heterocycles. The van der Waals surface area contributed by atoms with E-state index in [1.165, 1.54) is 11.3 Å². The molecule has 2 rings (SSSR count). The largest absolute Gasteiger partial charge is 0.192 e. The number of rotatable bonds is 1. The summed E-state index contributed by atoms with van der Waals surface area (Å²) in [6, 6.07) is 7.72. The van der Waals surface area contributed by atoms with Gasteiger partial charge in [0.1, 0.15) is 6.07 Å². The SMILES string of the molecule is N#Cc1cccc2c(CCl)c(Cl)sc12. The van der Waals surface area contributed by atoms with E-state index in [4.69, 9.17) is 28.5 Å². The monoisotopic (exact) mass is 241 g/mol. The van der Waals surface area contributed by atoms with Crippen LogP contribution in [0.4, 0.5) is 0 Å². The molecule has 0 saturated heterocycles. The van der Waals surface area contributed by atoms with E-state index < -0.39 is 0 Å². The summed E-state index contributed by atoms with van der Waals surface area (Å²) >= 11 is 13.2. The number of fused-ring (bicyclic) bond motifs is 1. The van der Waals surface area contributed by atoms with Crippen LogP contribution in [-0.4, -0.2) is 0 Å². The van der Waals surface area contributed by atoms with Gasteiger partial charge in [0.15, 0.2) is 0 Å². The predicted octanol–water partition coefficient (Wildman–Crippen LogP) is 4.17. The zero-order valence-electron chi connectivity index (χ0n) is 7.05. The second-order valence-corrected chi connectivity index (χ2v) is 4.67. The summed E-state index contributed by atoms with van der Waals surface area (Å²) in [6.07, 6.45) is 0. The van der Waals surface area contributed by atoms with Gasteiger partial charge in [-0.05, 0) is 11.5 Å². The number of nitrogens with zero attached hydrogens (tertiary/aromatic N) is 1. The molecule has 4 heteroatoms. The molecular formula is C10H5Cl2NS. The Labute approximate surface area is 95.5 Å². The number of benzene rings is 1. The average molecular weight is 242 g/mol. The van der Waals surface area contributed by atoms with Gasteiger partial charge in [-0.1, -0.05) is 23.7 Å². The lowest BCUT2D eigenvalue weighted by atomic mass is 10.1. The maximum Gasteiger partial charge on any atom is 0.101 e. The first-order valence-electron chi connectivity index (χ1n) is 3.94. The van der Waals surface area contributed by atoms with Gasteiger partial charge in [-0.15, -0.1) is 22.9 Å².